The van der Waals surface area contributed by atoms with Crippen LogP contribution in [0.2, 0.25) is 0 Å². The van der Waals surface area contributed by atoms with Crippen LogP contribution in [-0.4, -0.2) is 42.3 Å². The lowest BCUT2D eigenvalue weighted by molar-refractivity contribution is -0.00271. The minimum absolute atomic E-state index is 0.115. The van der Waals surface area contributed by atoms with Crippen molar-refractivity contribution in [3.8, 4) is 11.5 Å². The molecule has 5 nitrogen and oxygen atoms in total. The van der Waals surface area contributed by atoms with Gasteiger partial charge in [-0.15, -0.1) is 0 Å². The summed E-state index contributed by atoms with van der Waals surface area (Å²) in [4.78, 5) is 11.6. The molecule has 0 saturated heterocycles. The Kier molecular flexibility index (Phi) is 4.85. The second-order valence-corrected chi connectivity index (χ2v) is 3.49. The van der Waals surface area contributed by atoms with Crippen molar-refractivity contribution in [1.29, 1.82) is 0 Å². The maximum Gasteiger partial charge on any atom is 0.265 e. The Labute approximate surface area is 102 Å². The zero-order valence-corrected chi connectivity index (χ0v) is 9.56. The maximum atomic E-state index is 12.0. The van der Waals surface area contributed by atoms with Gasteiger partial charge in [-0.25, -0.2) is 8.78 Å². The summed E-state index contributed by atoms with van der Waals surface area (Å²) in [6, 6.07) is 3.96. The predicted octanol–water partition coefficient (Wildman–Crippen LogP) is 0.757. The monoisotopic (exact) mass is 261 g/mol. The summed E-state index contributed by atoms with van der Waals surface area (Å²) in [5, 5.41) is 20.4. The van der Waals surface area contributed by atoms with Gasteiger partial charge in [-0.2, -0.15) is 0 Å². The van der Waals surface area contributed by atoms with Crippen molar-refractivity contribution in [2.24, 2.45) is 0 Å². The van der Waals surface area contributed by atoms with Crippen molar-refractivity contribution in [3.63, 3.8) is 0 Å². The summed E-state index contributed by atoms with van der Waals surface area (Å²) >= 11 is 0. The first-order valence-electron chi connectivity index (χ1n) is 5.07. The van der Waals surface area contributed by atoms with Gasteiger partial charge < -0.3 is 20.3 Å². The third-order valence-electron chi connectivity index (χ3n) is 2.21. The van der Waals surface area contributed by atoms with Gasteiger partial charge in [0.2, 0.25) is 0 Å². The number of hydrogen-bond donors (Lipinski definition) is 3. The Bertz CT molecular complexity index is 426. The lowest BCUT2D eigenvalue weighted by Crippen LogP contribution is -2.35. The highest BCUT2D eigenvalue weighted by molar-refractivity contribution is 5.97. The molecule has 7 heteroatoms. The van der Waals surface area contributed by atoms with Crippen LogP contribution in [-0.2, 0) is 0 Å². The molecular formula is C11H13F2NO4. The second kappa shape index (κ2) is 6.15. The molecule has 0 aromatic heterocycles. The van der Waals surface area contributed by atoms with Gasteiger partial charge >= 0.3 is 0 Å². The van der Waals surface area contributed by atoms with E-state index < -0.39 is 25.0 Å². The van der Waals surface area contributed by atoms with Gasteiger partial charge in [-0.05, 0) is 18.2 Å². The highest BCUT2D eigenvalue weighted by Gasteiger charge is 2.19. The quantitative estimate of drug-likeness (QED) is 0.731. The molecule has 3 N–H and O–H groups in total. The number of carbonyl (C=O) groups is 1. The van der Waals surface area contributed by atoms with Crippen LogP contribution in [0.5, 0.6) is 11.5 Å². The summed E-state index contributed by atoms with van der Waals surface area (Å²) in [5.74, 6) is -0.738. The van der Waals surface area contributed by atoms with E-state index in [0.29, 0.717) is 5.75 Å². The lowest BCUT2D eigenvalue weighted by atomic mass is 10.1. The first kappa shape index (κ1) is 14.2. The highest BCUT2D eigenvalue weighted by atomic mass is 19.3. The molecule has 1 aromatic rings. The summed E-state index contributed by atoms with van der Waals surface area (Å²) < 4.78 is 28.9. The van der Waals surface area contributed by atoms with E-state index in [-0.39, 0.29) is 11.3 Å². The van der Waals surface area contributed by atoms with Crippen molar-refractivity contribution in [2.45, 2.75) is 12.5 Å². The number of nitrogens with one attached hydrogen (secondary N) is 1. The van der Waals surface area contributed by atoms with Crippen molar-refractivity contribution in [1.82, 2.24) is 5.32 Å². The molecule has 0 aliphatic rings. The number of aromatic hydroxyl groups is 1. The topological polar surface area (TPSA) is 78.8 Å². The van der Waals surface area contributed by atoms with Gasteiger partial charge in [0, 0.05) is 6.54 Å². The minimum atomic E-state index is -2.94. The van der Waals surface area contributed by atoms with Crippen molar-refractivity contribution in [2.75, 3.05) is 13.7 Å². The highest BCUT2D eigenvalue weighted by Crippen LogP contribution is 2.22. The van der Waals surface area contributed by atoms with E-state index in [1.807, 2.05) is 0 Å². The number of alkyl halides is 2. The summed E-state index contributed by atoms with van der Waals surface area (Å²) in [6.45, 7) is -0.604. The molecule has 0 spiro atoms. The fraction of sp³-hybridized carbons (Fsp3) is 0.364. The van der Waals surface area contributed by atoms with Crippen molar-refractivity contribution >= 4 is 5.91 Å². The molecule has 0 aliphatic heterocycles. The van der Waals surface area contributed by atoms with E-state index in [1.54, 1.807) is 0 Å². The molecule has 0 saturated carbocycles. The average Bonchev–Trinajstić information content (AvgIpc) is 2.35. The summed E-state index contributed by atoms with van der Waals surface area (Å²) in [7, 11) is 1.38. The standard InChI is InChI=1S/C11H13F2NO4/c1-18-6-2-3-8(15)7(4-6)11(17)14-5-9(16)10(12)13/h2-4,9-10,15-16H,5H2,1H3,(H,14,17). The van der Waals surface area contributed by atoms with E-state index in [4.69, 9.17) is 9.84 Å². The molecule has 1 amide bonds. The average molecular weight is 261 g/mol. The number of benzene rings is 1. The van der Waals surface area contributed by atoms with Gasteiger partial charge in [-0.3, -0.25) is 4.79 Å². The van der Waals surface area contributed by atoms with E-state index in [2.05, 4.69) is 5.32 Å². The van der Waals surface area contributed by atoms with Crippen LogP contribution in [0, 0.1) is 0 Å². The molecular weight excluding hydrogens is 248 g/mol. The van der Waals surface area contributed by atoms with Gasteiger partial charge in [0.25, 0.3) is 12.3 Å². The number of ether oxygens (including phenoxy) is 1. The van der Waals surface area contributed by atoms with Gasteiger partial charge in [0.05, 0.1) is 12.7 Å². The Balaban J connectivity index is 2.72. The number of carbonyl (C=O) groups excluding carboxylic acids is 1. The van der Waals surface area contributed by atoms with E-state index in [9.17, 15) is 18.7 Å². The van der Waals surface area contributed by atoms with Crippen LogP contribution in [0.1, 0.15) is 10.4 Å². The van der Waals surface area contributed by atoms with E-state index in [1.165, 1.54) is 25.3 Å². The molecule has 1 aromatic carbocycles. The number of methoxy groups -OCH3 is 1. The normalized spacial score (nSPS) is 12.3. The summed E-state index contributed by atoms with van der Waals surface area (Å²) in [5.41, 5.74) is -0.115. The van der Waals surface area contributed by atoms with Crippen LogP contribution in [0.25, 0.3) is 0 Å². The SMILES string of the molecule is COc1ccc(O)c(C(=O)NCC(O)C(F)F)c1. The van der Waals surface area contributed by atoms with E-state index in [0.717, 1.165) is 0 Å². The first-order chi connectivity index (χ1) is 8.45. The first-order valence-corrected chi connectivity index (χ1v) is 5.07. The number of aliphatic hydroxyl groups excluding tert-OH is 1. The van der Waals surface area contributed by atoms with Crippen molar-refractivity contribution in [3.05, 3.63) is 23.8 Å². The number of phenolic OH excluding ortho intramolecular Hbond substituents is 1. The molecule has 0 radical (unpaired) electrons. The fourth-order valence-electron chi connectivity index (χ4n) is 1.21. The molecule has 100 valence electrons. The van der Waals surface area contributed by atoms with Crippen LogP contribution in [0.4, 0.5) is 8.78 Å². The van der Waals surface area contributed by atoms with Crippen LogP contribution < -0.4 is 10.1 Å². The number of aliphatic hydroxyl groups is 1. The number of phenols is 1. The molecule has 0 bridgehead atoms. The molecule has 1 unspecified atom stereocenters. The number of amides is 1. The maximum absolute atomic E-state index is 12.0. The summed E-state index contributed by atoms with van der Waals surface area (Å²) in [6.07, 6.45) is -4.88. The van der Waals surface area contributed by atoms with Crippen LogP contribution in [0.15, 0.2) is 18.2 Å². The Hall–Kier alpha value is -1.89. The largest absolute Gasteiger partial charge is 0.507 e. The number of rotatable bonds is 5. The molecule has 18 heavy (non-hydrogen) atoms. The van der Waals surface area contributed by atoms with Gasteiger partial charge in [-0.1, -0.05) is 0 Å². The molecule has 0 fully saturated rings. The molecule has 1 atom stereocenters. The third-order valence-corrected chi connectivity index (χ3v) is 2.21. The number of halogens is 2. The zero-order chi connectivity index (χ0) is 13.7. The third kappa shape index (κ3) is 3.56. The Morgan fingerprint density at radius 3 is 2.72 bits per heavy atom. The molecule has 0 heterocycles. The van der Waals surface area contributed by atoms with Crippen LogP contribution >= 0.6 is 0 Å². The predicted molar refractivity (Wildman–Crippen MR) is 59.0 cm³/mol. The minimum Gasteiger partial charge on any atom is -0.507 e. The Morgan fingerprint density at radius 1 is 1.50 bits per heavy atom. The molecule has 0 aliphatic carbocycles. The van der Waals surface area contributed by atoms with Gasteiger partial charge in [0.1, 0.15) is 17.6 Å². The zero-order valence-electron chi connectivity index (χ0n) is 9.56. The smallest absolute Gasteiger partial charge is 0.265 e. The lowest BCUT2D eigenvalue weighted by Gasteiger charge is -2.11. The van der Waals surface area contributed by atoms with Crippen molar-refractivity contribution < 1.29 is 28.5 Å². The van der Waals surface area contributed by atoms with E-state index >= 15 is 0 Å². The Morgan fingerprint density at radius 2 is 2.17 bits per heavy atom. The number of hydrogen-bond acceptors (Lipinski definition) is 4. The fourth-order valence-corrected chi connectivity index (χ4v) is 1.21. The molecule has 1 rings (SSSR count). The second-order valence-electron chi connectivity index (χ2n) is 3.49. The van der Waals surface area contributed by atoms with Crippen LogP contribution in [0.3, 0.4) is 0 Å². The van der Waals surface area contributed by atoms with Gasteiger partial charge in [0.15, 0.2) is 0 Å².